The van der Waals surface area contributed by atoms with Gasteiger partial charge < -0.3 is 15.2 Å². The van der Waals surface area contributed by atoms with Crippen LogP contribution in [0.15, 0.2) is 12.3 Å². The lowest BCUT2D eigenvalue weighted by molar-refractivity contribution is 0.0489. The smallest absolute Gasteiger partial charge is 0.407 e. The zero-order valence-electron chi connectivity index (χ0n) is 15.5. The van der Waals surface area contributed by atoms with Gasteiger partial charge in [-0.3, -0.25) is 4.40 Å². The SMILES string of the molecule is CC(C)(C)OC(=O)N[C@@H]1CCC[C@H](c2nnc3cc(C(=O)O)c(Cl)cn23)C1. The number of rotatable bonds is 3. The Kier molecular flexibility index (Phi) is 5.28. The van der Waals surface area contributed by atoms with E-state index >= 15 is 0 Å². The number of aromatic nitrogens is 3. The lowest BCUT2D eigenvalue weighted by Crippen LogP contribution is -2.41. The molecule has 0 radical (unpaired) electrons. The second-order valence-electron chi connectivity index (χ2n) is 7.83. The fraction of sp³-hybridized carbons (Fsp3) is 0.556. The minimum absolute atomic E-state index is 0.00349. The van der Waals surface area contributed by atoms with Gasteiger partial charge in [-0.25, -0.2) is 9.59 Å². The summed E-state index contributed by atoms with van der Waals surface area (Å²) in [5.41, 5.74) is -0.106. The van der Waals surface area contributed by atoms with E-state index in [4.69, 9.17) is 16.3 Å². The molecule has 0 aromatic carbocycles. The van der Waals surface area contributed by atoms with Gasteiger partial charge in [-0.2, -0.15) is 0 Å². The van der Waals surface area contributed by atoms with E-state index in [2.05, 4.69) is 15.5 Å². The summed E-state index contributed by atoms with van der Waals surface area (Å²) in [7, 11) is 0. The van der Waals surface area contributed by atoms with Crippen LogP contribution in [0.3, 0.4) is 0 Å². The van der Waals surface area contributed by atoms with Crippen LogP contribution in [0, 0.1) is 0 Å². The number of halogens is 1. The first-order chi connectivity index (χ1) is 12.6. The van der Waals surface area contributed by atoms with Gasteiger partial charge in [0.1, 0.15) is 11.4 Å². The summed E-state index contributed by atoms with van der Waals surface area (Å²) >= 11 is 6.09. The van der Waals surface area contributed by atoms with Crippen molar-refractivity contribution in [2.24, 2.45) is 0 Å². The van der Waals surface area contributed by atoms with Gasteiger partial charge in [0, 0.05) is 18.2 Å². The number of ether oxygens (including phenoxy) is 1. The van der Waals surface area contributed by atoms with Crippen LogP contribution in [0.4, 0.5) is 4.79 Å². The van der Waals surface area contributed by atoms with Crippen LogP contribution in [-0.4, -0.2) is 43.4 Å². The molecule has 3 rings (SSSR count). The first kappa shape index (κ1) is 19.4. The number of nitrogens with zero attached hydrogens (tertiary/aromatic N) is 3. The fourth-order valence-electron chi connectivity index (χ4n) is 3.40. The predicted molar refractivity (Wildman–Crippen MR) is 99.3 cm³/mol. The molecule has 1 aliphatic rings. The summed E-state index contributed by atoms with van der Waals surface area (Å²) in [4.78, 5) is 23.3. The van der Waals surface area contributed by atoms with Crippen LogP contribution in [0.1, 0.15) is 68.6 Å². The Hall–Kier alpha value is -2.35. The lowest BCUT2D eigenvalue weighted by Gasteiger charge is -2.30. The number of carboxylic acids is 1. The zero-order chi connectivity index (χ0) is 19.8. The molecule has 2 heterocycles. The predicted octanol–water partition coefficient (Wildman–Crippen LogP) is 3.63. The number of carbonyl (C=O) groups excluding carboxylic acids is 1. The van der Waals surface area contributed by atoms with Crippen molar-refractivity contribution in [1.82, 2.24) is 19.9 Å². The van der Waals surface area contributed by atoms with Crippen LogP contribution in [0.25, 0.3) is 5.65 Å². The maximum absolute atomic E-state index is 12.0. The number of amides is 1. The Bertz CT molecular complexity index is 874. The van der Waals surface area contributed by atoms with Gasteiger partial charge in [0.25, 0.3) is 0 Å². The molecule has 1 fully saturated rings. The second-order valence-corrected chi connectivity index (χ2v) is 8.24. The van der Waals surface area contributed by atoms with Gasteiger partial charge in [-0.15, -0.1) is 10.2 Å². The Morgan fingerprint density at radius 3 is 2.74 bits per heavy atom. The van der Waals surface area contributed by atoms with E-state index in [1.807, 2.05) is 20.8 Å². The number of hydrogen-bond acceptors (Lipinski definition) is 5. The summed E-state index contributed by atoms with van der Waals surface area (Å²) in [5.74, 6) is -0.300. The summed E-state index contributed by atoms with van der Waals surface area (Å²) in [6.45, 7) is 5.48. The topological polar surface area (TPSA) is 106 Å². The Balaban J connectivity index is 1.77. The number of alkyl carbamates (subject to hydrolysis) is 1. The van der Waals surface area contributed by atoms with E-state index in [0.717, 1.165) is 25.1 Å². The largest absolute Gasteiger partial charge is 0.478 e. The Labute approximate surface area is 161 Å². The van der Waals surface area contributed by atoms with Gasteiger partial charge >= 0.3 is 12.1 Å². The summed E-state index contributed by atoms with van der Waals surface area (Å²) in [6, 6.07) is 1.40. The minimum Gasteiger partial charge on any atom is -0.478 e. The third-order valence-electron chi connectivity index (χ3n) is 4.51. The highest BCUT2D eigenvalue weighted by Gasteiger charge is 2.29. The van der Waals surface area contributed by atoms with Gasteiger partial charge in [0.2, 0.25) is 0 Å². The van der Waals surface area contributed by atoms with Crippen molar-refractivity contribution in [3.63, 3.8) is 0 Å². The zero-order valence-corrected chi connectivity index (χ0v) is 16.3. The molecule has 8 nitrogen and oxygen atoms in total. The lowest BCUT2D eigenvalue weighted by atomic mass is 9.85. The second kappa shape index (κ2) is 7.34. The van der Waals surface area contributed by atoms with Crippen molar-refractivity contribution >= 4 is 29.3 Å². The van der Waals surface area contributed by atoms with Gasteiger partial charge in [-0.05, 0) is 46.1 Å². The van der Waals surface area contributed by atoms with Gasteiger partial charge in [0.15, 0.2) is 5.65 Å². The van der Waals surface area contributed by atoms with Crippen molar-refractivity contribution in [2.45, 2.75) is 64.0 Å². The minimum atomic E-state index is -1.11. The summed E-state index contributed by atoms with van der Waals surface area (Å²) in [5, 5.41) is 20.6. The molecule has 27 heavy (non-hydrogen) atoms. The van der Waals surface area contributed by atoms with Gasteiger partial charge in [-0.1, -0.05) is 18.0 Å². The molecule has 2 aromatic heterocycles. The molecule has 0 bridgehead atoms. The molecule has 2 aromatic rings. The molecule has 0 unspecified atom stereocenters. The number of aromatic carboxylic acids is 1. The quantitative estimate of drug-likeness (QED) is 0.823. The molecule has 0 spiro atoms. The highest BCUT2D eigenvalue weighted by molar-refractivity contribution is 6.33. The molecule has 146 valence electrons. The van der Waals surface area contributed by atoms with E-state index in [0.29, 0.717) is 12.1 Å². The van der Waals surface area contributed by atoms with Crippen LogP contribution < -0.4 is 5.32 Å². The molecule has 0 saturated heterocycles. The first-order valence-electron chi connectivity index (χ1n) is 8.91. The third kappa shape index (κ3) is 4.50. The van der Waals surface area contributed by atoms with E-state index in [1.165, 1.54) is 6.07 Å². The molecule has 1 amide bonds. The van der Waals surface area contributed by atoms with Crippen molar-refractivity contribution in [3.05, 3.63) is 28.7 Å². The maximum Gasteiger partial charge on any atom is 0.407 e. The number of carboxylic acid groups (broad SMARTS) is 1. The molecule has 0 aliphatic heterocycles. The standard InChI is InChI=1S/C18H23ClN4O4/c1-18(2,3)27-17(26)20-11-6-4-5-10(7-11)15-22-21-14-8-12(16(24)25)13(19)9-23(14)15/h8-11H,4-7H2,1-3H3,(H,20,26)(H,24,25)/t10-,11+/m0/s1. The number of hydrogen-bond donors (Lipinski definition) is 2. The van der Waals surface area contributed by atoms with Crippen LogP contribution in [-0.2, 0) is 4.74 Å². The van der Waals surface area contributed by atoms with Crippen molar-refractivity contribution in [1.29, 1.82) is 0 Å². The highest BCUT2D eigenvalue weighted by Crippen LogP contribution is 2.33. The molecule has 1 saturated carbocycles. The van der Waals surface area contributed by atoms with Crippen LogP contribution in [0.5, 0.6) is 0 Å². The average molecular weight is 395 g/mol. The fourth-order valence-corrected chi connectivity index (χ4v) is 3.63. The molecular formula is C18H23ClN4O4. The molecule has 2 atom stereocenters. The number of carbonyl (C=O) groups is 2. The monoisotopic (exact) mass is 394 g/mol. The van der Waals surface area contributed by atoms with Crippen LogP contribution >= 0.6 is 11.6 Å². The summed E-state index contributed by atoms with van der Waals surface area (Å²) < 4.78 is 7.06. The number of fused-ring (bicyclic) bond motifs is 1. The molecule has 9 heteroatoms. The normalized spacial score (nSPS) is 20.4. The number of pyridine rings is 1. The van der Waals surface area contributed by atoms with Crippen molar-refractivity contribution in [2.75, 3.05) is 0 Å². The van der Waals surface area contributed by atoms with E-state index in [1.54, 1.807) is 10.6 Å². The Morgan fingerprint density at radius 2 is 2.07 bits per heavy atom. The molecule has 2 N–H and O–H groups in total. The molecular weight excluding hydrogens is 372 g/mol. The Morgan fingerprint density at radius 1 is 1.33 bits per heavy atom. The van der Waals surface area contributed by atoms with E-state index in [-0.39, 0.29) is 22.5 Å². The van der Waals surface area contributed by atoms with Crippen molar-refractivity contribution < 1.29 is 19.4 Å². The van der Waals surface area contributed by atoms with Gasteiger partial charge in [0.05, 0.1) is 10.6 Å². The van der Waals surface area contributed by atoms with E-state index in [9.17, 15) is 14.7 Å². The third-order valence-corrected chi connectivity index (χ3v) is 4.81. The maximum atomic E-state index is 12.0. The molecule has 1 aliphatic carbocycles. The van der Waals surface area contributed by atoms with E-state index < -0.39 is 17.7 Å². The number of nitrogens with one attached hydrogen (secondary N) is 1. The first-order valence-corrected chi connectivity index (χ1v) is 9.29. The highest BCUT2D eigenvalue weighted by atomic mass is 35.5. The van der Waals surface area contributed by atoms with Crippen molar-refractivity contribution in [3.8, 4) is 0 Å². The van der Waals surface area contributed by atoms with Crippen LogP contribution in [0.2, 0.25) is 5.02 Å². The average Bonchev–Trinajstić information content (AvgIpc) is 2.95. The summed E-state index contributed by atoms with van der Waals surface area (Å²) in [6.07, 6.45) is 4.54.